The molecular weight excluding hydrogens is 239 g/mol. The summed E-state index contributed by atoms with van der Waals surface area (Å²) in [5, 5.41) is 11.1. The highest BCUT2D eigenvalue weighted by atomic mass is 19.1. The van der Waals surface area contributed by atoms with E-state index in [4.69, 9.17) is 0 Å². The standard InChI is InChI=1S/C17H21FO/c18-13-6-4-11(5-7-13)9-17(19)10-12-8-16(17)15-3-1-2-14(12)15/h4-7,12,14-16,19H,1-3,8-10H2. The third kappa shape index (κ3) is 1.76. The SMILES string of the molecule is OC1(Cc2ccc(F)cc2)CC2CC1C1CCCC21. The highest BCUT2D eigenvalue weighted by Gasteiger charge is 2.59. The predicted molar refractivity (Wildman–Crippen MR) is 72.1 cm³/mol. The van der Waals surface area contributed by atoms with Crippen LogP contribution in [0.5, 0.6) is 0 Å². The van der Waals surface area contributed by atoms with Crippen LogP contribution in [-0.2, 0) is 6.42 Å². The van der Waals surface area contributed by atoms with Crippen LogP contribution < -0.4 is 0 Å². The molecule has 0 heterocycles. The van der Waals surface area contributed by atoms with Gasteiger partial charge in [-0.15, -0.1) is 0 Å². The van der Waals surface area contributed by atoms with Gasteiger partial charge in [0.1, 0.15) is 5.82 Å². The lowest BCUT2D eigenvalue weighted by Crippen LogP contribution is -2.43. The molecule has 1 nitrogen and oxygen atoms in total. The summed E-state index contributed by atoms with van der Waals surface area (Å²) in [5.41, 5.74) is 0.555. The number of aliphatic hydroxyl groups is 1. The first-order chi connectivity index (χ1) is 9.16. The van der Waals surface area contributed by atoms with Crippen molar-refractivity contribution < 1.29 is 9.50 Å². The number of hydrogen-bond donors (Lipinski definition) is 1. The molecule has 5 unspecified atom stereocenters. The Morgan fingerprint density at radius 2 is 1.89 bits per heavy atom. The van der Waals surface area contributed by atoms with E-state index in [1.807, 2.05) is 12.1 Å². The van der Waals surface area contributed by atoms with Gasteiger partial charge in [0.25, 0.3) is 0 Å². The lowest BCUT2D eigenvalue weighted by molar-refractivity contribution is -0.0450. The fraction of sp³-hybridized carbons (Fsp3) is 0.647. The van der Waals surface area contributed by atoms with Gasteiger partial charge in [-0.25, -0.2) is 4.39 Å². The molecular formula is C17H21FO. The van der Waals surface area contributed by atoms with Gasteiger partial charge in [0.05, 0.1) is 5.60 Å². The maximum atomic E-state index is 13.0. The van der Waals surface area contributed by atoms with E-state index >= 15 is 0 Å². The monoisotopic (exact) mass is 260 g/mol. The Balaban J connectivity index is 1.56. The summed E-state index contributed by atoms with van der Waals surface area (Å²) >= 11 is 0. The van der Waals surface area contributed by atoms with E-state index in [2.05, 4.69) is 0 Å². The van der Waals surface area contributed by atoms with Crippen molar-refractivity contribution in [3.8, 4) is 0 Å². The van der Waals surface area contributed by atoms with Crippen molar-refractivity contribution in [3.63, 3.8) is 0 Å². The van der Waals surface area contributed by atoms with Gasteiger partial charge in [0, 0.05) is 6.42 Å². The van der Waals surface area contributed by atoms with Gasteiger partial charge in [0.2, 0.25) is 0 Å². The lowest BCUT2D eigenvalue weighted by atomic mass is 9.71. The summed E-state index contributed by atoms with van der Waals surface area (Å²) in [6.45, 7) is 0. The number of hydrogen-bond acceptors (Lipinski definition) is 1. The Morgan fingerprint density at radius 3 is 2.68 bits per heavy atom. The first-order valence-electron chi connectivity index (χ1n) is 7.62. The highest BCUT2D eigenvalue weighted by Crippen LogP contribution is 2.62. The number of rotatable bonds is 2. The minimum absolute atomic E-state index is 0.195. The molecule has 0 aliphatic heterocycles. The van der Waals surface area contributed by atoms with Gasteiger partial charge in [-0.2, -0.15) is 0 Å². The molecule has 0 amide bonds. The minimum atomic E-state index is -0.520. The van der Waals surface area contributed by atoms with Gasteiger partial charge in [-0.05, 0) is 67.1 Å². The maximum Gasteiger partial charge on any atom is 0.123 e. The van der Waals surface area contributed by atoms with E-state index in [1.165, 1.54) is 37.8 Å². The highest BCUT2D eigenvalue weighted by molar-refractivity contribution is 5.21. The Kier molecular flexibility index (Phi) is 2.54. The fourth-order valence-electron chi connectivity index (χ4n) is 5.39. The largest absolute Gasteiger partial charge is 0.389 e. The second-order valence-corrected chi connectivity index (χ2v) is 6.97. The number of halogens is 1. The zero-order valence-corrected chi connectivity index (χ0v) is 11.2. The van der Waals surface area contributed by atoms with Gasteiger partial charge >= 0.3 is 0 Å². The zero-order chi connectivity index (χ0) is 13.0. The maximum absolute atomic E-state index is 13.0. The number of benzene rings is 1. The van der Waals surface area contributed by atoms with Crippen molar-refractivity contribution in [3.05, 3.63) is 35.6 Å². The van der Waals surface area contributed by atoms with Crippen molar-refractivity contribution >= 4 is 0 Å². The fourth-order valence-corrected chi connectivity index (χ4v) is 5.39. The molecule has 19 heavy (non-hydrogen) atoms. The van der Waals surface area contributed by atoms with Crippen molar-refractivity contribution in [1.82, 2.24) is 0 Å². The van der Waals surface area contributed by atoms with Crippen LogP contribution in [0.3, 0.4) is 0 Å². The summed E-state index contributed by atoms with van der Waals surface area (Å²) in [4.78, 5) is 0. The molecule has 1 N–H and O–H groups in total. The molecule has 2 heteroatoms. The van der Waals surface area contributed by atoms with E-state index in [1.54, 1.807) is 0 Å². The Labute approximate surface area is 113 Å². The first-order valence-corrected chi connectivity index (χ1v) is 7.62. The van der Waals surface area contributed by atoms with Crippen LogP contribution in [0.1, 0.15) is 37.7 Å². The average Bonchev–Trinajstić information content (AvgIpc) is 3.02. The number of fused-ring (bicyclic) bond motifs is 5. The summed E-state index contributed by atoms with van der Waals surface area (Å²) in [5.74, 6) is 2.72. The van der Waals surface area contributed by atoms with Crippen LogP contribution in [0, 0.1) is 29.5 Å². The van der Waals surface area contributed by atoms with E-state index < -0.39 is 5.60 Å². The quantitative estimate of drug-likeness (QED) is 0.862. The van der Waals surface area contributed by atoms with Gasteiger partial charge < -0.3 is 5.11 Å². The Morgan fingerprint density at radius 1 is 1.16 bits per heavy atom. The molecule has 4 rings (SSSR count). The van der Waals surface area contributed by atoms with E-state index in [0.29, 0.717) is 12.3 Å². The van der Waals surface area contributed by atoms with Crippen LogP contribution >= 0.6 is 0 Å². The predicted octanol–water partition coefficient (Wildman–Crippen LogP) is 3.56. The summed E-state index contributed by atoms with van der Waals surface area (Å²) in [6.07, 6.45) is 6.96. The second-order valence-electron chi connectivity index (χ2n) is 6.97. The van der Waals surface area contributed by atoms with Crippen molar-refractivity contribution in [1.29, 1.82) is 0 Å². The average molecular weight is 260 g/mol. The molecule has 1 aromatic rings. The summed E-state index contributed by atoms with van der Waals surface area (Å²) in [7, 11) is 0. The first kappa shape index (κ1) is 11.9. The van der Waals surface area contributed by atoms with Crippen LogP contribution in [0.2, 0.25) is 0 Å². The van der Waals surface area contributed by atoms with Crippen LogP contribution in [0.4, 0.5) is 4.39 Å². The summed E-state index contributed by atoms with van der Waals surface area (Å²) < 4.78 is 13.0. The lowest BCUT2D eigenvalue weighted by Gasteiger charge is -2.39. The van der Waals surface area contributed by atoms with E-state index in [-0.39, 0.29) is 5.82 Å². The molecule has 3 saturated carbocycles. The van der Waals surface area contributed by atoms with Crippen molar-refractivity contribution in [2.75, 3.05) is 0 Å². The minimum Gasteiger partial charge on any atom is -0.389 e. The molecule has 3 fully saturated rings. The molecule has 102 valence electrons. The molecule has 0 radical (unpaired) electrons. The van der Waals surface area contributed by atoms with Crippen molar-refractivity contribution in [2.24, 2.45) is 23.7 Å². The molecule has 0 aromatic heterocycles. The van der Waals surface area contributed by atoms with E-state index in [9.17, 15) is 9.50 Å². The topological polar surface area (TPSA) is 20.2 Å². The van der Waals surface area contributed by atoms with Crippen molar-refractivity contribution in [2.45, 2.75) is 44.1 Å². The molecule has 3 aliphatic carbocycles. The molecule has 1 aromatic carbocycles. The van der Waals surface area contributed by atoms with Crippen LogP contribution in [0.25, 0.3) is 0 Å². The Bertz CT molecular complexity index is 483. The van der Waals surface area contributed by atoms with Gasteiger partial charge in [-0.3, -0.25) is 0 Å². The smallest absolute Gasteiger partial charge is 0.123 e. The molecule has 5 atom stereocenters. The van der Waals surface area contributed by atoms with Gasteiger partial charge in [-0.1, -0.05) is 18.6 Å². The van der Waals surface area contributed by atoms with Crippen LogP contribution in [-0.4, -0.2) is 10.7 Å². The normalized spacial score (nSPS) is 43.7. The van der Waals surface area contributed by atoms with Crippen LogP contribution in [0.15, 0.2) is 24.3 Å². The molecule has 0 spiro atoms. The summed E-state index contributed by atoms with van der Waals surface area (Å²) in [6, 6.07) is 6.66. The third-order valence-electron chi connectivity index (χ3n) is 6.03. The zero-order valence-electron chi connectivity index (χ0n) is 11.2. The third-order valence-corrected chi connectivity index (χ3v) is 6.03. The molecule has 0 saturated heterocycles. The second kappa shape index (κ2) is 4.05. The Hall–Kier alpha value is -0.890. The molecule has 3 aliphatic rings. The molecule has 2 bridgehead atoms. The van der Waals surface area contributed by atoms with Gasteiger partial charge in [0.15, 0.2) is 0 Å². The van der Waals surface area contributed by atoms with E-state index in [0.717, 1.165) is 29.7 Å².